The third-order valence-electron chi connectivity index (χ3n) is 4.44. The molecule has 0 atom stereocenters. The molecule has 6 nitrogen and oxygen atoms in total. The molecule has 0 saturated carbocycles. The highest BCUT2D eigenvalue weighted by atomic mass is 35.5. The minimum atomic E-state index is 0. The zero-order valence-corrected chi connectivity index (χ0v) is 16.7. The Morgan fingerprint density at radius 3 is 2.04 bits per heavy atom. The molecule has 1 amide bonds. The summed E-state index contributed by atoms with van der Waals surface area (Å²) in [7, 11) is 0. The molecule has 2 aliphatic heterocycles. The van der Waals surface area contributed by atoms with Crippen molar-refractivity contribution < 1.29 is 9.53 Å². The van der Waals surface area contributed by atoms with Crippen molar-refractivity contribution in [1.29, 1.82) is 0 Å². The molecular weight excluding hydrogens is 351 g/mol. The summed E-state index contributed by atoms with van der Waals surface area (Å²) in [5.74, 6) is 0.314. The van der Waals surface area contributed by atoms with E-state index >= 15 is 0 Å². The molecule has 144 valence electrons. The Labute approximate surface area is 159 Å². The Morgan fingerprint density at radius 2 is 1.50 bits per heavy atom. The number of amides is 1. The van der Waals surface area contributed by atoms with E-state index in [0.29, 0.717) is 18.4 Å². The van der Waals surface area contributed by atoms with Crippen molar-refractivity contribution in [3.05, 3.63) is 0 Å². The van der Waals surface area contributed by atoms with E-state index in [1.54, 1.807) is 0 Å². The maximum atomic E-state index is 12.2. The van der Waals surface area contributed by atoms with Gasteiger partial charge in [-0.05, 0) is 13.8 Å². The second-order valence-corrected chi connectivity index (χ2v) is 6.48. The van der Waals surface area contributed by atoms with Crippen LogP contribution in [0.15, 0.2) is 0 Å². The average Bonchev–Trinajstić information content (AvgIpc) is 2.54. The van der Waals surface area contributed by atoms with E-state index in [9.17, 15) is 4.79 Å². The maximum absolute atomic E-state index is 12.2. The van der Waals surface area contributed by atoms with Crippen LogP contribution in [0.1, 0.15) is 20.3 Å². The predicted octanol–water partition coefficient (Wildman–Crippen LogP) is 0.695. The van der Waals surface area contributed by atoms with Gasteiger partial charge in [-0.15, -0.1) is 24.8 Å². The maximum Gasteiger partial charge on any atom is 0.223 e. The number of piperazine rings is 2. The molecule has 2 saturated heterocycles. The highest BCUT2D eigenvalue weighted by Crippen LogP contribution is 2.05. The number of nitrogens with zero attached hydrogens (tertiary/aromatic N) is 3. The quantitative estimate of drug-likeness (QED) is 0.699. The summed E-state index contributed by atoms with van der Waals surface area (Å²) >= 11 is 0. The number of carbonyl (C=O) groups is 1. The molecular formula is C16H34Cl2N4O2. The highest BCUT2D eigenvalue weighted by Gasteiger charge is 2.20. The number of ether oxygens (including phenoxy) is 1. The van der Waals surface area contributed by atoms with Crippen LogP contribution >= 0.6 is 24.8 Å². The second kappa shape index (κ2) is 13.1. The lowest BCUT2D eigenvalue weighted by Gasteiger charge is -2.35. The van der Waals surface area contributed by atoms with E-state index in [-0.39, 0.29) is 24.8 Å². The molecule has 0 aromatic rings. The van der Waals surface area contributed by atoms with Crippen molar-refractivity contribution in [2.75, 3.05) is 72.1 Å². The third-order valence-corrected chi connectivity index (χ3v) is 4.44. The topological polar surface area (TPSA) is 48.1 Å². The zero-order chi connectivity index (χ0) is 15.8. The molecule has 2 heterocycles. The van der Waals surface area contributed by atoms with E-state index in [4.69, 9.17) is 4.74 Å². The Bertz CT molecular complexity index is 334. The summed E-state index contributed by atoms with van der Waals surface area (Å²) in [5.41, 5.74) is 0. The molecule has 0 aliphatic carbocycles. The fraction of sp³-hybridized carbons (Fsp3) is 0.938. The minimum Gasteiger partial charge on any atom is -0.377 e. The highest BCUT2D eigenvalue weighted by molar-refractivity contribution is 5.85. The molecule has 1 N–H and O–H groups in total. The third kappa shape index (κ3) is 8.83. The fourth-order valence-corrected chi connectivity index (χ4v) is 2.98. The van der Waals surface area contributed by atoms with Crippen molar-refractivity contribution in [2.24, 2.45) is 0 Å². The van der Waals surface area contributed by atoms with Gasteiger partial charge in [-0.1, -0.05) is 0 Å². The van der Waals surface area contributed by atoms with E-state index in [2.05, 4.69) is 29.0 Å². The van der Waals surface area contributed by atoms with Gasteiger partial charge >= 0.3 is 0 Å². The molecule has 2 rings (SSSR count). The summed E-state index contributed by atoms with van der Waals surface area (Å²) in [6.45, 7) is 14.8. The molecule has 8 heteroatoms. The van der Waals surface area contributed by atoms with E-state index < -0.39 is 0 Å². The molecule has 0 bridgehead atoms. The lowest BCUT2D eigenvalue weighted by Crippen LogP contribution is -2.49. The lowest BCUT2D eigenvalue weighted by atomic mass is 10.2. The van der Waals surface area contributed by atoms with Crippen LogP contribution in [0.25, 0.3) is 0 Å². The number of nitrogens with one attached hydrogen (secondary N) is 1. The standard InChI is InChI=1S/C16H32N4O2.2ClH/c1-15(2)22-14-13-19-11-9-18(10-12-19)6-3-16(21)20-7-4-17-5-8-20;;/h15,17H,3-14H2,1-2H3;2*1H. The number of hydrogen-bond donors (Lipinski definition) is 1. The van der Waals surface area contributed by atoms with E-state index in [1.165, 1.54) is 0 Å². The molecule has 0 aromatic heterocycles. The fourth-order valence-electron chi connectivity index (χ4n) is 2.98. The van der Waals surface area contributed by atoms with Gasteiger partial charge in [0.25, 0.3) is 0 Å². The van der Waals surface area contributed by atoms with Gasteiger partial charge in [-0.2, -0.15) is 0 Å². The van der Waals surface area contributed by atoms with Crippen LogP contribution in [0.2, 0.25) is 0 Å². The predicted molar refractivity (Wildman–Crippen MR) is 103 cm³/mol. The van der Waals surface area contributed by atoms with Crippen LogP contribution in [-0.2, 0) is 9.53 Å². The van der Waals surface area contributed by atoms with Gasteiger partial charge in [0, 0.05) is 71.9 Å². The van der Waals surface area contributed by atoms with Crippen molar-refractivity contribution >= 4 is 30.7 Å². The number of halogens is 2. The Balaban J connectivity index is 0.00000264. The van der Waals surface area contributed by atoms with Gasteiger partial charge in [0.05, 0.1) is 12.7 Å². The van der Waals surface area contributed by atoms with Gasteiger partial charge in [-0.3, -0.25) is 9.69 Å². The number of carbonyl (C=O) groups excluding carboxylic acids is 1. The first-order valence-corrected chi connectivity index (χ1v) is 8.70. The van der Waals surface area contributed by atoms with Crippen LogP contribution < -0.4 is 5.32 Å². The van der Waals surface area contributed by atoms with Crippen LogP contribution in [0.3, 0.4) is 0 Å². The number of rotatable bonds is 7. The first kappa shape index (κ1) is 23.9. The molecule has 2 fully saturated rings. The Hall–Kier alpha value is -0.110. The Kier molecular flexibility index (Phi) is 13.1. The van der Waals surface area contributed by atoms with Gasteiger partial charge in [-0.25, -0.2) is 0 Å². The van der Waals surface area contributed by atoms with Crippen LogP contribution in [0, 0.1) is 0 Å². The zero-order valence-electron chi connectivity index (χ0n) is 15.0. The summed E-state index contributed by atoms with van der Waals surface area (Å²) in [6, 6.07) is 0. The lowest BCUT2D eigenvalue weighted by molar-refractivity contribution is -0.132. The molecule has 0 unspecified atom stereocenters. The van der Waals surface area contributed by atoms with Gasteiger partial charge in [0.1, 0.15) is 0 Å². The molecule has 24 heavy (non-hydrogen) atoms. The van der Waals surface area contributed by atoms with Crippen LogP contribution in [-0.4, -0.2) is 98.8 Å². The summed E-state index contributed by atoms with van der Waals surface area (Å²) < 4.78 is 5.61. The molecule has 0 spiro atoms. The minimum absolute atomic E-state index is 0. The van der Waals surface area contributed by atoms with Gasteiger partial charge < -0.3 is 19.9 Å². The summed E-state index contributed by atoms with van der Waals surface area (Å²) in [4.78, 5) is 19.0. The smallest absolute Gasteiger partial charge is 0.223 e. The molecule has 0 radical (unpaired) electrons. The van der Waals surface area contributed by atoms with E-state index in [0.717, 1.165) is 72.1 Å². The van der Waals surface area contributed by atoms with E-state index in [1.807, 2.05) is 4.90 Å². The monoisotopic (exact) mass is 384 g/mol. The number of hydrogen-bond acceptors (Lipinski definition) is 5. The van der Waals surface area contributed by atoms with Gasteiger partial charge in [0.15, 0.2) is 0 Å². The van der Waals surface area contributed by atoms with Crippen molar-refractivity contribution in [2.45, 2.75) is 26.4 Å². The molecule has 0 aromatic carbocycles. The van der Waals surface area contributed by atoms with Crippen molar-refractivity contribution in [1.82, 2.24) is 20.0 Å². The van der Waals surface area contributed by atoms with Crippen molar-refractivity contribution in [3.8, 4) is 0 Å². The first-order valence-electron chi connectivity index (χ1n) is 8.70. The normalized spacial score (nSPS) is 19.7. The molecule has 2 aliphatic rings. The SMILES string of the molecule is CC(C)OCCN1CCN(CCC(=O)N2CCNCC2)CC1.Cl.Cl. The Morgan fingerprint density at radius 1 is 0.958 bits per heavy atom. The summed E-state index contributed by atoms with van der Waals surface area (Å²) in [6.07, 6.45) is 0.980. The summed E-state index contributed by atoms with van der Waals surface area (Å²) in [5, 5.41) is 3.28. The average molecular weight is 385 g/mol. The van der Waals surface area contributed by atoms with Gasteiger partial charge in [0.2, 0.25) is 5.91 Å². The van der Waals surface area contributed by atoms with Crippen LogP contribution in [0.5, 0.6) is 0 Å². The first-order chi connectivity index (χ1) is 10.6. The second-order valence-electron chi connectivity index (χ2n) is 6.48. The van der Waals surface area contributed by atoms with Crippen molar-refractivity contribution in [3.63, 3.8) is 0 Å². The van der Waals surface area contributed by atoms with Crippen LogP contribution in [0.4, 0.5) is 0 Å². The largest absolute Gasteiger partial charge is 0.377 e.